The van der Waals surface area contributed by atoms with Crippen LogP contribution in [-0.2, 0) is 24.2 Å². The lowest BCUT2D eigenvalue weighted by molar-refractivity contribution is -0.151. The van der Waals surface area contributed by atoms with Gasteiger partial charge in [-0.3, -0.25) is 14.4 Å². The van der Waals surface area contributed by atoms with Crippen LogP contribution in [0.5, 0.6) is 0 Å². The summed E-state index contributed by atoms with van der Waals surface area (Å²) in [5.74, 6) is -1.60. The third-order valence-electron chi connectivity index (χ3n) is 4.10. The normalized spacial score (nSPS) is 18.1. The van der Waals surface area contributed by atoms with Crippen LogP contribution in [0.2, 0.25) is 0 Å². The van der Waals surface area contributed by atoms with Gasteiger partial charge in [0.2, 0.25) is 0 Å². The van der Waals surface area contributed by atoms with Crippen molar-refractivity contribution in [3.63, 3.8) is 0 Å². The highest BCUT2D eigenvalue weighted by Crippen LogP contribution is 2.17. The number of carbonyl (C=O) groups excluding carboxylic acids is 3. The molecule has 0 aliphatic carbocycles. The highest BCUT2D eigenvalue weighted by Gasteiger charge is 2.34. The SMILES string of the molecule is CCN(C(=O)COC(=O)CNC(=O)c1ccccc1)[C@@H]1CCS(=O)(=O)C1. The number of nitrogens with one attached hydrogen (secondary N) is 1. The van der Waals surface area contributed by atoms with Gasteiger partial charge in [0.15, 0.2) is 16.4 Å². The van der Waals surface area contributed by atoms with E-state index >= 15 is 0 Å². The smallest absolute Gasteiger partial charge is 0.325 e. The highest BCUT2D eigenvalue weighted by atomic mass is 32.2. The summed E-state index contributed by atoms with van der Waals surface area (Å²) in [7, 11) is -3.11. The summed E-state index contributed by atoms with van der Waals surface area (Å²) in [5, 5.41) is 2.41. The van der Waals surface area contributed by atoms with Crippen molar-refractivity contribution in [1.29, 1.82) is 0 Å². The van der Waals surface area contributed by atoms with Crippen LogP contribution in [0, 0.1) is 0 Å². The van der Waals surface area contributed by atoms with E-state index in [1.165, 1.54) is 4.90 Å². The largest absolute Gasteiger partial charge is 0.454 e. The molecule has 2 rings (SSSR count). The van der Waals surface area contributed by atoms with Crippen molar-refractivity contribution in [2.75, 3.05) is 31.2 Å². The predicted molar refractivity (Wildman–Crippen MR) is 94.2 cm³/mol. The fraction of sp³-hybridized carbons (Fsp3) is 0.471. The number of hydrogen-bond donors (Lipinski definition) is 1. The Morgan fingerprint density at radius 3 is 2.50 bits per heavy atom. The maximum atomic E-state index is 12.2. The van der Waals surface area contributed by atoms with Crippen LogP contribution in [0.25, 0.3) is 0 Å². The Morgan fingerprint density at radius 2 is 1.92 bits per heavy atom. The van der Waals surface area contributed by atoms with Gasteiger partial charge < -0.3 is 15.0 Å². The molecule has 0 unspecified atom stereocenters. The summed E-state index contributed by atoms with van der Waals surface area (Å²) >= 11 is 0. The van der Waals surface area contributed by atoms with Gasteiger partial charge in [0, 0.05) is 18.2 Å². The second-order valence-corrected chi connectivity index (χ2v) is 8.17. The van der Waals surface area contributed by atoms with Crippen molar-refractivity contribution in [2.45, 2.75) is 19.4 Å². The summed E-state index contributed by atoms with van der Waals surface area (Å²) in [6.45, 7) is 1.24. The molecule has 0 bridgehead atoms. The van der Waals surface area contributed by atoms with Gasteiger partial charge in [-0.2, -0.15) is 0 Å². The van der Waals surface area contributed by atoms with Gasteiger partial charge in [-0.1, -0.05) is 18.2 Å². The quantitative estimate of drug-likeness (QED) is 0.665. The third-order valence-corrected chi connectivity index (χ3v) is 5.85. The Morgan fingerprint density at radius 1 is 1.23 bits per heavy atom. The lowest BCUT2D eigenvalue weighted by atomic mass is 10.2. The Labute approximate surface area is 152 Å². The molecule has 142 valence electrons. The first-order chi connectivity index (χ1) is 12.3. The Hall–Kier alpha value is -2.42. The fourth-order valence-corrected chi connectivity index (χ4v) is 4.51. The molecule has 0 radical (unpaired) electrons. The number of benzene rings is 1. The lowest BCUT2D eigenvalue weighted by Crippen LogP contribution is -2.43. The van der Waals surface area contributed by atoms with Crippen molar-refractivity contribution >= 4 is 27.6 Å². The minimum Gasteiger partial charge on any atom is -0.454 e. The number of hydrogen-bond acceptors (Lipinski definition) is 6. The van der Waals surface area contributed by atoms with Crippen molar-refractivity contribution in [2.24, 2.45) is 0 Å². The van der Waals surface area contributed by atoms with Gasteiger partial charge in [-0.25, -0.2) is 8.42 Å². The molecule has 1 heterocycles. The summed E-state index contributed by atoms with van der Waals surface area (Å²) in [5.41, 5.74) is 0.413. The van der Waals surface area contributed by atoms with Crippen molar-refractivity contribution in [3.05, 3.63) is 35.9 Å². The average molecular weight is 382 g/mol. The molecule has 1 aromatic rings. The number of amides is 2. The molecule has 1 fully saturated rings. The summed E-state index contributed by atoms with van der Waals surface area (Å²) in [6, 6.07) is 8.01. The van der Waals surface area contributed by atoms with Crippen molar-refractivity contribution < 1.29 is 27.5 Å². The molecule has 1 aliphatic heterocycles. The summed E-state index contributed by atoms with van der Waals surface area (Å²) < 4.78 is 28.0. The number of carbonyl (C=O) groups is 3. The van der Waals surface area contributed by atoms with Gasteiger partial charge in [0.05, 0.1) is 11.5 Å². The van der Waals surface area contributed by atoms with Crippen molar-refractivity contribution in [1.82, 2.24) is 10.2 Å². The van der Waals surface area contributed by atoms with Crippen LogP contribution in [0.3, 0.4) is 0 Å². The first-order valence-corrected chi connectivity index (χ1v) is 10.1. The van der Waals surface area contributed by atoms with E-state index in [2.05, 4.69) is 5.32 Å². The van der Waals surface area contributed by atoms with E-state index in [1.807, 2.05) is 0 Å². The molecule has 0 spiro atoms. The molecule has 8 nitrogen and oxygen atoms in total. The van der Waals surface area contributed by atoms with E-state index in [0.29, 0.717) is 18.5 Å². The number of ether oxygens (including phenoxy) is 1. The Kier molecular flexibility index (Phi) is 6.73. The van der Waals surface area contributed by atoms with E-state index in [4.69, 9.17) is 4.74 Å². The van der Waals surface area contributed by atoms with Crippen molar-refractivity contribution in [3.8, 4) is 0 Å². The molecule has 1 saturated heterocycles. The van der Waals surface area contributed by atoms with Crippen LogP contribution < -0.4 is 5.32 Å². The zero-order valence-electron chi connectivity index (χ0n) is 14.5. The van der Waals surface area contributed by atoms with Crippen LogP contribution >= 0.6 is 0 Å². The molecule has 26 heavy (non-hydrogen) atoms. The number of rotatable bonds is 7. The maximum absolute atomic E-state index is 12.2. The third kappa shape index (κ3) is 5.55. The summed E-state index contributed by atoms with van der Waals surface area (Å²) in [4.78, 5) is 37.2. The van der Waals surface area contributed by atoms with Gasteiger partial charge in [-0.05, 0) is 25.5 Å². The van der Waals surface area contributed by atoms with E-state index in [9.17, 15) is 22.8 Å². The van der Waals surface area contributed by atoms with Gasteiger partial charge in [-0.15, -0.1) is 0 Å². The minimum atomic E-state index is -3.11. The van der Waals surface area contributed by atoms with Crippen LogP contribution in [-0.4, -0.2) is 68.3 Å². The van der Waals surface area contributed by atoms with E-state index in [1.54, 1.807) is 37.3 Å². The molecule has 1 aromatic carbocycles. The highest BCUT2D eigenvalue weighted by molar-refractivity contribution is 7.91. The lowest BCUT2D eigenvalue weighted by Gasteiger charge is -2.26. The molecule has 2 amide bonds. The van der Waals surface area contributed by atoms with E-state index in [-0.39, 0.29) is 24.1 Å². The molecular weight excluding hydrogens is 360 g/mol. The maximum Gasteiger partial charge on any atom is 0.325 e. The zero-order chi connectivity index (χ0) is 19.2. The molecule has 9 heteroatoms. The number of sulfone groups is 1. The van der Waals surface area contributed by atoms with Gasteiger partial charge in [0.1, 0.15) is 6.54 Å². The molecule has 1 atom stereocenters. The molecule has 1 aliphatic rings. The first-order valence-electron chi connectivity index (χ1n) is 8.31. The van der Waals surface area contributed by atoms with E-state index in [0.717, 1.165) is 0 Å². The zero-order valence-corrected chi connectivity index (χ0v) is 15.3. The molecule has 0 aromatic heterocycles. The van der Waals surface area contributed by atoms with Gasteiger partial charge in [0.25, 0.3) is 11.8 Å². The predicted octanol–water partition coefficient (Wildman–Crippen LogP) is -0.00480. The van der Waals surface area contributed by atoms with Crippen LogP contribution in [0.15, 0.2) is 30.3 Å². The van der Waals surface area contributed by atoms with Gasteiger partial charge >= 0.3 is 5.97 Å². The summed E-state index contributed by atoms with van der Waals surface area (Å²) in [6.07, 6.45) is 0.392. The second kappa shape index (κ2) is 8.79. The topological polar surface area (TPSA) is 110 Å². The Balaban J connectivity index is 1.77. The molecule has 0 saturated carbocycles. The van der Waals surface area contributed by atoms with Crippen LogP contribution in [0.1, 0.15) is 23.7 Å². The number of esters is 1. The minimum absolute atomic E-state index is 0.0618. The molecular formula is C17H22N2O6S. The number of likely N-dealkylation sites (N-methyl/N-ethyl adjacent to an activating group) is 1. The average Bonchev–Trinajstić information content (AvgIpc) is 2.98. The standard InChI is InChI=1S/C17H22N2O6S/c1-2-19(14-8-9-26(23,24)12-14)15(20)11-25-16(21)10-18-17(22)13-6-4-3-5-7-13/h3-7,14H,2,8-12H2,1H3,(H,18,22)/t14-/m1/s1. The Bertz CT molecular complexity index is 763. The second-order valence-electron chi connectivity index (χ2n) is 5.95. The van der Waals surface area contributed by atoms with E-state index < -0.39 is 34.2 Å². The monoisotopic (exact) mass is 382 g/mol. The van der Waals surface area contributed by atoms with Crippen LogP contribution in [0.4, 0.5) is 0 Å². The fourth-order valence-electron chi connectivity index (χ4n) is 2.78. The number of nitrogens with zero attached hydrogens (tertiary/aromatic N) is 1. The first kappa shape index (κ1) is 19.9. The molecule has 1 N–H and O–H groups in total.